The maximum Gasteiger partial charge on any atom is 0.270 e. The first-order valence-electron chi connectivity index (χ1n) is 8.77. The van der Waals surface area contributed by atoms with Crippen LogP contribution in [0.25, 0.3) is 16.6 Å². The number of nitrogens with zero attached hydrogens (tertiary/aromatic N) is 2. The number of fused-ring (bicyclic) bond motifs is 1. The Morgan fingerprint density at radius 2 is 1.77 bits per heavy atom. The maximum absolute atomic E-state index is 12.9. The second-order valence-electron chi connectivity index (χ2n) is 6.44. The van der Waals surface area contributed by atoms with E-state index in [1.54, 1.807) is 4.90 Å². The van der Waals surface area contributed by atoms with Crippen molar-refractivity contribution >= 4 is 16.8 Å². The standard InChI is InChI=1S/C22H21N3O/c1-24(15-13-17-16-23-20-11-6-5-10-19(17)20)22(26)21-12-7-14-25(21)18-8-3-2-4-9-18/h2-12,14,16,23H,13,15H2,1H3. The van der Waals surface area contributed by atoms with Crippen LogP contribution in [0, 0.1) is 0 Å². The van der Waals surface area contributed by atoms with E-state index in [1.165, 1.54) is 10.9 Å². The fourth-order valence-electron chi connectivity index (χ4n) is 3.29. The fraction of sp³-hybridized carbons (Fsp3) is 0.136. The van der Waals surface area contributed by atoms with Crippen LogP contribution in [-0.4, -0.2) is 34.0 Å². The number of H-pyrrole nitrogens is 1. The molecule has 0 atom stereocenters. The van der Waals surface area contributed by atoms with E-state index in [1.807, 2.05) is 78.6 Å². The third kappa shape index (κ3) is 3.02. The van der Waals surface area contributed by atoms with Gasteiger partial charge in [0.1, 0.15) is 5.69 Å². The predicted molar refractivity (Wildman–Crippen MR) is 105 cm³/mol. The molecule has 4 rings (SSSR count). The van der Waals surface area contributed by atoms with Crippen LogP contribution in [-0.2, 0) is 6.42 Å². The average Bonchev–Trinajstić information content (AvgIpc) is 3.33. The lowest BCUT2D eigenvalue weighted by Gasteiger charge is -2.18. The Bertz CT molecular complexity index is 1030. The minimum atomic E-state index is 0.0266. The first kappa shape index (κ1) is 16.2. The summed E-state index contributed by atoms with van der Waals surface area (Å²) in [5.74, 6) is 0.0266. The number of likely N-dealkylation sites (N-methyl/N-ethyl adjacent to an activating group) is 1. The monoisotopic (exact) mass is 343 g/mol. The molecule has 2 aromatic heterocycles. The van der Waals surface area contributed by atoms with Crippen LogP contribution >= 0.6 is 0 Å². The highest BCUT2D eigenvalue weighted by molar-refractivity contribution is 5.93. The molecule has 130 valence electrons. The molecule has 1 N–H and O–H groups in total. The summed E-state index contributed by atoms with van der Waals surface area (Å²) in [4.78, 5) is 18.0. The third-order valence-electron chi connectivity index (χ3n) is 4.74. The molecule has 0 aliphatic rings. The lowest BCUT2D eigenvalue weighted by atomic mass is 10.1. The number of rotatable bonds is 5. The number of benzene rings is 2. The lowest BCUT2D eigenvalue weighted by molar-refractivity contribution is 0.0789. The number of nitrogens with one attached hydrogen (secondary N) is 1. The van der Waals surface area contributed by atoms with Crippen molar-refractivity contribution in [2.45, 2.75) is 6.42 Å². The second-order valence-corrected chi connectivity index (χ2v) is 6.44. The van der Waals surface area contributed by atoms with Crippen molar-refractivity contribution in [3.05, 3.63) is 90.4 Å². The zero-order valence-corrected chi connectivity index (χ0v) is 14.7. The van der Waals surface area contributed by atoms with Gasteiger partial charge in [-0.3, -0.25) is 4.79 Å². The maximum atomic E-state index is 12.9. The van der Waals surface area contributed by atoms with E-state index in [9.17, 15) is 4.79 Å². The average molecular weight is 343 g/mol. The van der Waals surface area contributed by atoms with Gasteiger partial charge in [0.15, 0.2) is 0 Å². The van der Waals surface area contributed by atoms with E-state index in [-0.39, 0.29) is 5.91 Å². The van der Waals surface area contributed by atoms with Crippen LogP contribution < -0.4 is 0 Å². The minimum absolute atomic E-state index is 0.0266. The van der Waals surface area contributed by atoms with E-state index in [0.717, 1.165) is 17.6 Å². The molecule has 0 spiro atoms. The highest BCUT2D eigenvalue weighted by atomic mass is 16.2. The molecule has 2 heterocycles. The number of para-hydroxylation sites is 2. The molecule has 4 nitrogen and oxygen atoms in total. The van der Waals surface area contributed by atoms with Crippen molar-refractivity contribution in [2.75, 3.05) is 13.6 Å². The Balaban J connectivity index is 1.50. The summed E-state index contributed by atoms with van der Waals surface area (Å²) in [6.45, 7) is 0.667. The van der Waals surface area contributed by atoms with Gasteiger partial charge in [-0.25, -0.2) is 0 Å². The number of carbonyl (C=O) groups excluding carboxylic acids is 1. The second kappa shape index (κ2) is 6.92. The molecule has 4 aromatic rings. The molecule has 26 heavy (non-hydrogen) atoms. The van der Waals surface area contributed by atoms with E-state index < -0.39 is 0 Å². The Labute approximate surface area is 152 Å². The van der Waals surface area contributed by atoms with E-state index in [4.69, 9.17) is 0 Å². The summed E-state index contributed by atoms with van der Waals surface area (Å²) >= 11 is 0. The summed E-state index contributed by atoms with van der Waals surface area (Å²) in [6, 6.07) is 22.0. The quantitative estimate of drug-likeness (QED) is 0.577. The van der Waals surface area contributed by atoms with Crippen LogP contribution in [0.3, 0.4) is 0 Å². The normalized spacial score (nSPS) is 11.0. The van der Waals surface area contributed by atoms with E-state index >= 15 is 0 Å². The number of hydrogen-bond donors (Lipinski definition) is 1. The van der Waals surface area contributed by atoms with Crippen molar-refractivity contribution in [3.8, 4) is 5.69 Å². The van der Waals surface area contributed by atoms with Gasteiger partial charge in [-0.15, -0.1) is 0 Å². The number of amides is 1. The van der Waals surface area contributed by atoms with Crippen molar-refractivity contribution in [1.82, 2.24) is 14.5 Å². The molecular formula is C22H21N3O. The molecule has 0 saturated carbocycles. The van der Waals surface area contributed by atoms with Gasteiger partial charge in [0.05, 0.1) is 0 Å². The van der Waals surface area contributed by atoms with Crippen LogP contribution in [0.5, 0.6) is 0 Å². The molecular weight excluding hydrogens is 322 g/mol. The fourth-order valence-corrected chi connectivity index (χ4v) is 3.29. The van der Waals surface area contributed by atoms with Crippen molar-refractivity contribution < 1.29 is 4.79 Å². The van der Waals surface area contributed by atoms with Gasteiger partial charge in [-0.05, 0) is 42.3 Å². The molecule has 0 aliphatic carbocycles. The molecule has 0 fully saturated rings. The topological polar surface area (TPSA) is 41.0 Å². The van der Waals surface area contributed by atoms with Gasteiger partial charge in [-0.1, -0.05) is 36.4 Å². The first-order valence-corrected chi connectivity index (χ1v) is 8.77. The van der Waals surface area contributed by atoms with Crippen LogP contribution in [0.15, 0.2) is 79.1 Å². The molecule has 0 aliphatic heterocycles. The van der Waals surface area contributed by atoms with Gasteiger partial charge in [0.25, 0.3) is 5.91 Å². The zero-order chi connectivity index (χ0) is 17.9. The summed E-state index contributed by atoms with van der Waals surface area (Å²) in [5.41, 5.74) is 4.04. The molecule has 0 unspecified atom stereocenters. The molecule has 4 heteroatoms. The van der Waals surface area contributed by atoms with Crippen LogP contribution in [0.4, 0.5) is 0 Å². The predicted octanol–water partition coefficient (Wildman–Crippen LogP) is 4.27. The number of aromatic amines is 1. The Hall–Kier alpha value is -3.27. The molecule has 2 aromatic carbocycles. The molecule has 0 saturated heterocycles. The summed E-state index contributed by atoms with van der Waals surface area (Å²) in [5, 5.41) is 1.22. The van der Waals surface area contributed by atoms with Crippen molar-refractivity contribution in [1.29, 1.82) is 0 Å². The summed E-state index contributed by atoms with van der Waals surface area (Å²) < 4.78 is 1.94. The third-order valence-corrected chi connectivity index (χ3v) is 4.74. The SMILES string of the molecule is CN(CCc1c[nH]c2ccccc12)C(=O)c1cccn1-c1ccccc1. The Morgan fingerprint density at radius 1 is 1.00 bits per heavy atom. The van der Waals surface area contributed by atoms with Crippen LogP contribution in [0.2, 0.25) is 0 Å². The van der Waals surface area contributed by atoms with Crippen LogP contribution in [0.1, 0.15) is 16.1 Å². The molecule has 0 radical (unpaired) electrons. The first-order chi connectivity index (χ1) is 12.7. The highest BCUT2D eigenvalue weighted by Crippen LogP contribution is 2.19. The number of carbonyl (C=O) groups is 1. The minimum Gasteiger partial charge on any atom is -0.361 e. The van der Waals surface area contributed by atoms with Gasteiger partial charge in [-0.2, -0.15) is 0 Å². The van der Waals surface area contributed by atoms with E-state index in [2.05, 4.69) is 17.1 Å². The Morgan fingerprint density at radius 3 is 2.62 bits per heavy atom. The number of aromatic nitrogens is 2. The summed E-state index contributed by atoms with van der Waals surface area (Å²) in [7, 11) is 1.86. The van der Waals surface area contributed by atoms with Crippen molar-refractivity contribution in [3.63, 3.8) is 0 Å². The van der Waals surface area contributed by atoms with E-state index in [0.29, 0.717) is 12.2 Å². The molecule has 1 amide bonds. The Kier molecular flexibility index (Phi) is 4.32. The smallest absolute Gasteiger partial charge is 0.270 e. The van der Waals surface area contributed by atoms with Gasteiger partial charge >= 0.3 is 0 Å². The molecule has 0 bridgehead atoms. The highest BCUT2D eigenvalue weighted by Gasteiger charge is 2.16. The van der Waals surface area contributed by atoms with Crippen molar-refractivity contribution in [2.24, 2.45) is 0 Å². The summed E-state index contributed by atoms with van der Waals surface area (Å²) in [6.07, 6.45) is 4.78. The number of hydrogen-bond acceptors (Lipinski definition) is 1. The lowest BCUT2D eigenvalue weighted by Crippen LogP contribution is -2.30. The van der Waals surface area contributed by atoms with Gasteiger partial charge in [0, 0.05) is 42.6 Å². The van der Waals surface area contributed by atoms with Gasteiger partial charge < -0.3 is 14.5 Å². The largest absolute Gasteiger partial charge is 0.361 e. The van der Waals surface area contributed by atoms with Gasteiger partial charge in [0.2, 0.25) is 0 Å². The zero-order valence-electron chi connectivity index (χ0n) is 14.7.